The standard InChI is InChI=1S/C48H29N3O/c1-3-14-30(15-4-1)41-29-42(31-16-5-2-6-17-31)50-48(49-41)51-43-28-33-19-8-7-18-32(33)26-39(43)37-23-13-24-38(46(37)51)45-35-21-10-9-20-34(35)27-40-36-22-11-12-25-44(36)52-47(40)45/h1-29H. The fraction of sp³-hybridized carbons (Fsp3) is 0. The highest BCUT2D eigenvalue weighted by Crippen LogP contribution is 2.46. The third-order valence-corrected chi connectivity index (χ3v) is 10.4. The lowest BCUT2D eigenvalue weighted by molar-refractivity contribution is 0.670. The van der Waals surface area contributed by atoms with Gasteiger partial charge in [0, 0.05) is 43.8 Å². The molecule has 0 amide bonds. The van der Waals surface area contributed by atoms with Crippen LogP contribution in [0.5, 0.6) is 0 Å². The molecular formula is C48H29N3O. The SMILES string of the molecule is c1ccc(-c2cc(-c3ccccc3)nc(-n3c4cc5ccccc5cc4c4cccc(-c5c6ccccc6cc6c5oc5ccccc56)c43)n2)cc1. The molecule has 0 unspecified atom stereocenters. The summed E-state index contributed by atoms with van der Waals surface area (Å²) in [5.41, 5.74) is 9.75. The Kier molecular flexibility index (Phi) is 6.22. The second-order valence-electron chi connectivity index (χ2n) is 13.4. The van der Waals surface area contributed by atoms with Gasteiger partial charge in [0.1, 0.15) is 11.2 Å². The van der Waals surface area contributed by atoms with Crippen molar-refractivity contribution >= 4 is 65.3 Å². The zero-order valence-electron chi connectivity index (χ0n) is 28.0. The average Bonchev–Trinajstić information content (AvgIpc) is 3.74. The van der Waals surface area contributed by atoms with E-state index in [2.05, 4.69) is 162 Å². The van der Waals surface area contributed by atoms with Crippen molar-refractivity contribution in [3.8, 4) is 39.6 Å². The van der Waals surface area contributed by atoms with Crippen molar-refractivity contribution in [1.82, 2.24) is 14.5 Å². The summed E-state index contributed by atoms with van der Waals surface area (Å²) in [6.45, 7) is 0. The molecule has 11 aromatic rings. The maximum atomic E-state index is 6.79. The number of para-hydroxylation sites is 2. The predicted octanol–water partition coefficient (Wildman–Crippen LogP) is 12.8. The largest absolute Gasteiger partial charge is 0.455 e. The molecule has 0 atom stereocenters. The monoisotopic (exact) mass is 663 g/mol. The summed E-state index contributed by atoms with van der Waals surface area (Å²) in [5, 5.41) is 9.12. The number of benzene rings is 8. The van der Waals surface area contributed by atoms with Crippen LogP contribution in [0.15, 0.2) is 180 Å². The molecule has 0 fully saturated rings. The van der Waals surface area contributed by atoms with Gasteiger partial charge in [0.25, 0.3) is 0 Å². The average molecular weight is 664 g/mol. The molecule has 242 valence electrons. The van der Waals surface area contributed by atoms with Crippen molar-refractivity contribution in [2.24, 2.45) is 0 Å². The lowest BCUT2D eigenvalue weighted by Gasteiger charge is -2.15. The Labute approximate surface area is 298 Å². The van der Waals surface area contributed by atoms with Gasteiger partial charge in [-0.25, -0.2) is 9.97 Å². The summed E-state index contributed by atoms with van der Waals surface area (Å²) in [6, 6.07) is 61.9. The number of hydrogen-bond donors (Lipinski definition) is 0. The molecule has 0 aliphatic heterocycles. The molecule has 0 spiro atoms. The molecular weight excluding hydrogens is 635 g/mol. The first-order valence-electron chi connectivity index (χ1n) is 17.6. The van der Waals surface area contributed by atoms with E-state index in [1.807, 2.05) is 18.2 Å². The molecule has 0 N–H and O–H groups in total. The highest BCUT2D eigenvalue weighted by atomic mass is 16.3. The topological polar surface area (TPSA) is 43.9 Å². The number of furan rings is 1. The van der Waals surface area contributed by atoms with Gasteiger partial charge in [-0.1, -0.05) is 146 Å². The lowest BCUT2D eigenvalue weighted by atomic mass is 9.93. The van der Waals surface area contributed by atoms with Crippen LogP contribution in [0.3, 0.4) is 0 Å². The van der Waals surface area contributed by atoms with Gasteiger partial charge in [-0.2, -0.15) is 0 Å². The molecule has 11 rings (SSSR count). The lowest BCUT2D eigenvalue weighted by Crippen LogP contribution is -2.04. The van der Waals surface area contributed by atoms with Crippen LogP contribution in [-0.2, 0) is 0 Å². The summed E-state index contributed by atoms with van der Waals surface area (Å²) in [7, 11) is 0. The summed E-state index contributed by atoms with van der Waals surface area (Å²) in [5.74, 6) is 0.615. The van der Waals surface area contributed by atoms with Crippen LogP contribution >= 0.6 is 0 Å². The number of hydrogen-bond acceptors (Lipinski definition) is 3. The van der Waals surface area contributed by atoms with E-state index >= 15 is 0 Å². The van der Waals surface area contributed by atoms with Crippen molar-refractivity contribution in [3.05, 3.63) is 176 Å². The van der Waals surface area contributed by atoms with Crippen molar-refractivity contribution in [2.45, 2.75) is 0 Å². The van der Waals surface area contributed by atoms with E-state index < -0.39 is 0 Å². The van der Waals surface area contributed by atoms with Gasteiger partial charge in [-0.05, 0) is 51.9 Å². The maximum Gasteiger partial charge on any atom is 0.235 e. The molecule has 3 heterocycles. The zero-order valence-corrected chi connectivity index (χ0v) is 28.0. The molecule has 0 aliphatic rings. The maximum absolute atomic E-state index is 6.79. The van der Waals surface area contributed by atoms with E-state index in [1.165, 1.54) is 5.39 Å². The third kappa shape index (κ3) is 4.34. The molecule has 0 aliphatic carbocycles. The van der Waals surface area contributed by atoms with Crippen molar-refractivity contribution in [2.75, 3.05) is 0 Å². The molecule has 8 aromatic carbocycles. The van der Waals surface area contributed by atoms with E-state index in [1.54, 1.807) is 0 Å². The number of nitrogens with zero attached hydrogens (tertiary/aromatic N) is 3. The Bertz CT molecular complexity index is 3120. The highest BCUT2D eigenvalue weighted by molar-refractivity contribution is 6.23. The minimum Gasteiger partial charge on any atom is -0.455 e. The van der Waals surface area contributed by atoms with Crippen LogP contribution in [0.1, 0.15) is 0 Å². The summed E-state index contributed by atoms with van der Waals surface area (Å²) in [4.78, 5) is 10.7. The summed E-state index contributed by atoms with van der Waals surface area (Å²) >= 11 is 0. The first-order chi connectivity index (χ1) is 25.8. The number of fused-ring (bicyclic) bond motifs is 8. The molecule has 4 heteroatoms. The van der Waals surface area contributed by atoms with E-state index in [0.717, 1.165) is 93.5 Å². The number of rotatable bonds is 4. The Balaban J connectivity index is 1.33. The fourth-order valence-corrected chi connectivity index (χ4v) is 8.00. The minimum atomic E-state index is 0.615. The fourth-order valence-electron chi connectivity index (χ4n) is 8.00. The van der Waals surface area contributed by atoms with Gasteiger partial charge >= 0.3 is 0 Å². The van der Waals surface area contributed by atoms with E-state index in [0.29, 0.717) is 5.95 Å². The normalized spacial score (nSPS) is 11.8. The third-order valence-electron chi connectivity index (χ3n) is 10.4. The van der Waals surface area contributed by atoms with Gasteiger partial charge in [0.2, 0.25) is 5.95 Å². The summed E-state index contributed by atoms with van der Waals surface area (Å²) < 4.78 is 9.07. The van der Waals surface area contributed by atoms with Gasteiger partial charge in [-0.3, -0.25) is 4.57 Å². The highest BCUT2D eigenvalue weighted by Gasteiger charge is 2.24. The molecule has 3 aromatic heterocycles. The molecule has 0 saturated heterocycles. The second-order valence-corrected chi connectivity index (χ2v) is 13.4. The Morgan fingerprint density at radius 3 is 1.73 bits per heavy atom. The molecule has 0 bridgehead atoms. The number of aromatic nitrogens is 3. The second kappa shape index (κ2) is 11.2. The predicted molar refractivity (Wildman–Crippen MR) is 215 cm³/mol. The van der Waals surface area contributed by atoms with Crippen molar-refractivity contribution in [3.63, 3.8) is 0 Å². The first-order valence-corrected chi connectivity index (χ1v) is 17.6. The van der Waals surface area contributed by atoms with E-state index in [4.69, 9.17) is 14.4 Å². The van der Waals surface area contributed by atoms with Crippen molar-refractivity contribution in [1.29, 1.82) is 0 Å². The van der Waals surface area contributed by atoms with E-state index in [-0.39, 0.29) is 0 Å². The van der Waals surface area contributed by atoms with Crippen LogP contribution in [0, 0.1) is 0 Å². The van der Waals surface area contributed by atoms with Crippen LogP contribution in [0.4, 0.5) is 0 Å². The van der Waals surface area contributed by atoms with E-state index in [9.17, 15) is 0 Å². The minimum absolute atomic E-state index is 0.615. The van der Waals surface area contributed by atoms with Gasteiger partial charge < -0.3 is 4.42 Å². The van der Waals surface area contributed by atoms with Crippen LogP contribution in [-0.4, -0.2) is 14.5 Å². The smallest absolute Gasteiger partial charge is 0.235 e. The Morgan fingerprint density at radius 1 is 0.423 bits per heavy atom. The van der Waals surface area contributed by atoms with Crippen molar-refractivity contribution < 1.29 is 4.42 Å². The molecule has 52 heavy (non-hydrogen) atoms. The molecule has 4 nitrogen and oxygen atoms in total. The van der Waals surface area contributed by atoms with Crippen LogP contribution in [0.2, 0.25) is 0 Å². The van der Waals surface area contributed by atoms with Gasteiger partial charge in [-0.15, -0.1) is 0 Å². The van der Waals surface area contributed by atoms with Crippen LogP contribution in [0.25, 0.3) is 105 Å². The molecule has 0 saturated carbocycles. The van der Waals surface area contributed by atoms with Gasteiger partial charge in [0.05, 0.1) is 22.4 Å². The zero-order chi connectivity index (χ0) is 34.2. The first kappa shape index (κ1) is 28.8. The van der Waals surface area contributed by atoms with Gasteiger partial charge in [0.15, 0.2) is 0 Å². The molecule has 0 radical (unpaired) electrons. The quantitative estimate of drug-likeness (QED) is 0.188. The summed E-state index contributed by atoms with van der Waals surface area (Å²) in [6.07, 6.45) is 0. The Morgan fingerprint density at radius 2 is 1.00 bits per heavy atom. The Hall–Kier alpha value is -7.04. The van der Waals surface area contributed by atoms with Crippen LogP contribution < -0.4 is 0 Å².